The lowest BCUT2D eigenvalue weighted by atomic mass is 9.97. The number of carbonyl (C=O) groups is 1. The van der Waals surface area contributed by atoms with Gasteiger partial charge in [-0.15, -0.1) is 0 Å². The van der Waals surface area contributed by atoms with Crippen molar-refractivity contribution in [3.63, 3.8) is 0 Å². The maximum absolute atomic E-state index is 13.1. The number of anilines is 1. The molecule has 0 aromatic heterocycles. The van der Waals surface area contributed by atoms with Crippen molar-refractivity contribution in [1.29, 1.82) is 5.26 Å². The van der Waals surface area contributed by atoms with Gasteiger partial charge in [0.15, 0.2) is 0 Å². The van der Waals surface area contributed by atoms with E-state index in [1.807, 2.05) is 36.4 Å². The summed E-state index contributed by atoms with van der Waals surface area (Å²) in [4.78, 5) is 12.5. The number of nitriles is 1. The van der Waals surface area contributed by atoms with E-state index in [2.05, 4.69) is 5.32 Å². The number of amides is 1. The lowest BCUT2D eigenvalue weighted by Gasteiger charge is -2.11. The summed E-state index contributed by atoms with van der Waals surface area (Å²) in [7, 11) is 1.57. The summed E-state index contributed by atoms with van der Waals surface area (Å²) < 4.78 is 18.4. The molecule has 0 heterocycles. The van der Waals surface area contributed by atoms with Crippen molar-refractivity contribution in [2.24, 2.45) is 0 Å². The zero-order valence-electron chi connectivity index (χ0n) is 16.2. The molecule has 0 bridgehead atoms. The van der Waals surface area contributed by atoms with Gasteiger partial charge in [-0.3, -0.25) is 4.79 Å². The van der Waals surface area contributed by atoms with Gasteiger partial charge in [-0.1, -0.05) is 35.9 Å². The van der Waals surface area contributed by atoms with Gasteiger partial charge in [0.05, 0.1) is 7.11 Å². The predicted octanol–water partition coefficient (Wildman–Crippen LogP) is 5.62. The SMILES string of the molecule is COc1ccc(/C=C(\C#N)C(=O)Nc2ccc(F)cc2)c(Cc2ccccc2Cl)c1. The number of rotatable bonds is 6. The monoisotopic (exact) mass is 420 g/mol. The van der Waals surface area contributed by atoms with Crippen LogP contribution in [0.3, 0.4) is 0 Å². The minimum atomic E-state index is -0.580. The summed E-state index contributed by atoms with van der Waals surface area (Å²) in [5.74, 6) is -0.335. The van der Waals surface area contributed by atoms with Crippen molar-refractivity contribution in [3.05, 3.63) is 99.8 Å². The summed E-state index contributed by atoms with van der Waals surface area (Å²) in [6.45, 7) is 0. The molecule has 0 saturated carbocycles. The van der Waals surface area contributed by atoms with Gasteiger partial charge in [-0.05, 0) is 71.7 Å². The van der Waals surface area contributed by atoms with Gasteiger partial charge in [-0.25, -0.2) is 4.39 Å². The second-order valence-electron chi connectivity index (χ2n) is 6.46. The average molecular weight is 421 g/mol. The fourth-order valence-corrected chi connectivity index (χ4v) is 3.09. The van der Waals surface area contributed by atoms with Crippen LogP contribution in [0.5, 0.6) is 5.75 Å². The molecule has 150 valence electrons. The molecule has 1 amide bonds. The van der Waals surface area contributed by atoms with E-state index in [4.69, 9.17) is 16.3 Å². The number of hydrogen-bond acceptors (Lipinski definition) is 3. The largest absolute Gasteiger partial charge is 0.497 e. The second-order valence-corrected chi connectivity index (χ2v) is 6.87. The van der Waals surface area contributed by atoms with Crippen molar-refractivity contribution >= 4 is 29.3 Å². The van der Waals surface area contributed by atoms with Crippen LogP contribution in [0.25, 0.3) is 6.08 Å². The third-order valence-electron chi connectivity index (χ3n) is 4.46. The molecule has 0 aliphatic rings. The van der Waals surface area contributed by atoms with Crippen LogP contribution in [0.2, 0.25) is 5.02 Å². The summed E-state index contributed by atoms with van der Waals surface area (Å²) in [6.07, 6.45) is 2.02. The Morgan fingerprint density at radius 2 is 1.87 bits per heavy atom. The van der Waals surface area contributed by atoms with E-state index >= 15 is 0 Å². The quantitative estimate of drug-likeness (QED) is 0.415. The molecule has 0 aliphatic carbocycles. The zero-order valence-corrected chi connectivity index (χ0v) is 16.9. The molecule has 3 aromatic carbocycles. The van der Waals surface area contributed by atoms with Gasteiger partial charge in [0.1, 0.15) is 23.2 Å². The first kappa shape index (κ1) is 21.1. The fourth-order valence-electron chi connectivity index (χ4n) is 2.89. The van der Waals surface area contributed by atoms with Gasteiger partial charge < -0.3 is 10.1 Å². The van der Waals surface area contributed by atoms with E-state index in [9.17, 15) is 14.4 Å². The van der Waals surface area contributed by atoms with Crippen LogP contribution < -0.4 is 10.1 Å². The van der Waals surface area contributed by atoms with Crippen molar-refractivity contribution in [2.75, 3.05) is 12.4 Å². The van der Waals surface area contributed by atoms with E-state index in [0.29, 0.717) is 28.4 Å². The minimum absolute atomic E-state index is 0.0788. The molecular weight excluding hydrogens is 403 g/mol. The summed E-state index contributed by atoms with van der Waals surface area (Å²) in [5.41, 5.74) is 2.78. The van der Waals surface area contributed by atoms with Crippen LogP contribution in [0.1, 0.15) is 16.7 Å². The zero-order chi connectivity index (χ0) is 21.5. The molecule has 0 atom stereocenters. The average Bonchev–Trinajstić information content (AvgIpc) is 2.75. The van der Waals surface area contributed by atoms with Gasteiger partial charge in [-0.2, -0.15) is 5.26 Å². The molecule has 0 radical (unpaired) electrons. The number of benzene rings is 3. The van der Waals surface area contributed by atoms with Crippen LogP contribution >= 0.6 is 11.6 Å². The molecule has 30 heavy (non-hydrogen) atoms. The first-order valence-electron chi connectivity index (χ1n) is 9.09. The van der Waals surface area contributed by atoms with E-state index in [0.717, 1.165) is 11.1 Å². The number of ether oxygens (including phenoxy) is 1. The first-order chi connectivity index (χ1) is 14.5. The standard InChI is InChI=1S/C24H18ClFN2O2/c1-30-22-11-6-16(18(14-22)13-17-4-2-3-5-23(17)25)12-19(15-27)24(29)28-21-9-7-20(26)8-10-21/h2-12,14H,13H2,1H3,(H,28,29)/b19-12+. The van der Waals surface area contributed by atoms with Crippen molar-refractivity contribution in [2.45, 2.75) is 6.42 Å². The first-order valence-corrected chi connectivity index (χ1v) is 9.47. The van der Waals surface area contributed by atoms with Crippen LogP contribution in [-0.2, 0) is 11.2 Å². The van der Waals surface area contributed by atoms with E-state index in [1.54, 1.807) is 19.2 Å². The Morgan fingerprint density at radius 1 is 1.13 bits per heavy atom. The Morgan fingerprint density at radius 3 is 2.53 bits per heavy atom. The van der Waals surface area contributed by atoms with Crippen LogP contribution in [0, 0.1) is 17.1 Å². The molecular formula is C24H18ClFN2O2. The Labute approximate surface area is 179 Å². The Hall–Kier alpha value is -3.62. The Balaban J connectivity index is 1.93. The topological polar surface area (TPSA) is 62.1 Å². The number of nitrogens with one attached hydrogen (secondary N) is 1. The molecule has 0 saturated heterocycles. The number of carbonyl (C=O) groups excluding carboxylic acids is 1. The third kappa shape index (κ3) is 5.25. The number of nitrogens with zero attached hydrogens (tertiary/aromatic N) is 1. The molecule has 0 spiro atoms. The molecule has 0 aliphatic heterocycles. The highest BCUT2D eigenvalue weighted by Crippen LogP contribution is 2.26. The van der Waals surface area contributed by atoms with Crippen molar-refractivity contribution in [1.82, 2.24) is 0 Å². The van der Waals surface area contributed by atoms with Gasteiger partial charge in [0, 0.05) is 10.7 Å². The smallest absolute Gasteiger partial charge is 0.266 e. The number of halogens is 2. The maximum atomic E-state index is 13.1. The van der Waals surface area contributed by atoms with E-state index < -0.39 is 11.7 Å². The molecule has 3 aromatic rings. The van der Waals surface area contributed by atoms with Crippen LogP contribution in [0.15, 0.2) is 72.3 Å². The fraction of sp³-hybridized carbons (Fsp3) is 0.0833. The third-order valence-corrected chi connectivity index (χ3v) is 4.82. The molecule has 1 N–H and O–H groups in total. The maximum Gasteiger partial charge on any atom is 0.266 e. The number of methoxy groups -OCH3 is 1. The predicted molar refractivity (Wildman–Crippen MR) is 116 cm³/mol. The summed E-state index contributed by atoms with van der Waals surface area (Å²) >= 11 is 6.30. The van der Waals surface area contributed by atoms with Crippen LogP contribution in [-0.4, -0.2) is 13.0 Å². The number of hydrogen-bond donors (Lipinski definition) is 1. The van der Waals surface area contributed by atoms with E-state index in [-0.39, 0.29) is 5.57 Å². The molecule has 3 rings (SSSR count). The summed E-state index contributed by atoms with van der Waals surface area (Å²) in [6, 6.07) is 20.1. The lowest BCUT2D eigenvalue weighted by Crippen LogP contribution is -2.13. The highest BCUT2D eigenvalue weighted by Gasteiger charge is 2.13. The lowest BCUT2D eigenvalue weighted by molar-refractivity contribution is -0.112. The molecule has 0 unspecified atom stereocenters. The highest BCUT2D eigenvalue weighted by molar-refractivity contribution is 6.31. The second kappa shape index (κ2) is 9.73. The van der Waals surface area contributed by atoms with Crippen molar-refractivity contribution in [3.8, 4) is 11.8 Å². The van der Waals surface area contributed by atoms with E-state index in [1.165, 1.54) is 30.3 Å². The normalized spacial score (nSPS) is 10.9. The Bertz CT molecular complexity index is 1130. The molecule has 6 heteroatoms. The molecule has 4 nitrogen and oxygen atoms in total. The highest BCUT2D eigenvalue weighted by atomic mass is 35.5. The minimum Gasteiger partial charge on any atom is -0.497 e. The summed E-state index contributed by atoms with van der Waals surface area (Å²) in [5, 5.41) is 12.7. The van der Waals surface area contributed by atoms with Gasteiger partial charge in [0.25, 0.3) is 5.91 Å². The van der Waals surface area contributed by atoms with Gasteiger partial charge >= 0.3 is 0 Å². The van der Waals surface area contributed by atoms with Gasteiger partial charge in [0.2, 0.25) is 0 Å². The van der Waals surface area contributed by atoms with Crippen LogP contribution in [0.4, 0.5) is 10.1 Å². The van der Waals surface area contributed by atoms with Crippen molar-refractivity contribution < 1.29 is 13.9 Å². The molecule has 0 fully saturated rings. The Kier molecular flexibility index (Phi) is 6.84.